The van der Waals surface area contributed by atoms with Gasteiger partial charge in [-0.25, -0.2) is 0 Å². The lowest BCUT2D eigenvalue weighted by molar-refractivity contribution is 0.192. The minimum Gasteiger partial charge on any atom is -0.364 e. The van der Waals surface area contributed by atoms with Crippen molar-refractivity contribution in [3.05, 3.63) is 80.3 Å². The van der Waals surface area contributed by atoms with Gasteiger partial charge in [0, 0.05) is 27.4 Å². The summed E-state index contributed by atoms with van der Waals surface area (Å²) in [4.78, 5) is 6.26. The maximum absolute atomic E-state index is 2.93. The second kappa shape index (κ2) is 7.76. The monoisotopic (exact) mass is 439 g/mol. The number of aryl methyl sites for hydroxylation is 1. The van der Waals surface area contributed by atoms with E-state index in [2.05, 4.69) is 70.9 Å². The quantitative estimate of drug-likeness (QED) is 0.423. The Bertz CT molecular complexity index is 1120. The van der Waals surface area contributed by atoms with E-state index in [1.165, 1.54) is 64.2 Å². The summed E-state index contributed by atoms with van der Waals surface area (Å²) in [6.45, 7) is 0. The fourth-order valence-electron chi connectivity index (χ4n) is 7.28. The van der Waals surface area contributed by atoms with Crippen molar-refractivity contribution < 1.29 is 0 Å². The van der Waals surface area contributed by atoms with Gasteiger partial charge in [0.15, 0.2) is 0 Å². The molecule has 0 aromatic carbocycles. The van der Waals surface area contributed by atoms with Crippen LogP contribution in [0.3, 0.4) is 0 Å². The predicted molar refractivity (Wildman–Crippen MR) is 137 cm³/mol. The van der Waals surface area contributed by atoms with Gasteiger partial charge in [0.1, 0.15) is 0 Å². The number of hydrogen-bond acceptors (Lipinski definition) is 2. The third-order valence-corrected chi connectivity index (χ3v) is 10.1. The zero-order valence-corrected chi connectivity index (χ0v) is 19.7. The standard InChI is InChI=1S/C30H33NS/c1-2-9-20(10-3-1)21-11-8-12-22(19-21)31-26-15-6-4-14-25(26)29-27(31)18-17-24-23-13-5-7-16-28(23)32-30(24)29/h1-2,5,8-9,11,13,17-18,21-22,27,29H,3-4,6-7,10,12,14-16,19H2. The van der Waals surface area contributed by atoms with Crippen molar-refractivity contribution >= 4 is 23.5 Å². The van der Waals surface area contributed by atoms with Crippen LogP contribution >= 0.6 is 11.3 Å². The Balaban J connectivity index is 1.26. The third kappa shape index (κ3) is 2.95. The van der Waals surface area contributed by atoms with Crippen LogP contribution < -0.4 is 0 Å². The smallest absolute Gasteiger partial charge is 0.0591 e. The van der Waals surface area contributed by atoms with E-state index >= 15 is 0 Å². The van der Waals surface area contributed by atoms with Gasteiger partial charge in [-0.3, -0.25) is 0 Å². The lowest BCUT2D eigenvalue weighted by Crippen LogP contribution is -2.42. The first-order valence-electron chi connectivity index (χ1n) is 12.9. The minimum atomic E-state index is 0.548. The van der Waals surface area contributed by atoms with Gasteiger partial charge in [-0.05, 0) is 86.8 Å². The molecule has 1 nitrogen and oxygen atoms in total. The lowest BCUT2D eigenvalue weighted by atomic mass is 9.80. The summed E-state index contributed by atoms with van der Waals surface area (Å²) >= 11 is 2.15. The van der Waals surface area contributed by atoms with E-state index in [4.69, 9.17) is 0 Å². The van der Waals surface area contributed by atoms with Gasteiger partial charge in [0.05, 0.1) is 6.04 Å². The molecule has 164 valence electrons. The first-order chi connectivity index (χ1) is 15.9. The fraction of sp³-hybridized carbons (Fsp3) is 0.467. The van der Waals surface area contributed by atoms with Gasteiger partial charge in [-0.1, -0.05) is 60.3 Å². The molecular formula is C30H33NS. The summed E-state index contributed by atoms with van der Waals surface area (Å²) in [5.41, 5.74) is 8.30. The molecule has 0 saturated carbocycles. The summed E-state index contributed by atoms with van der Waals surface area (Å²) in [6, 6.07) is 1.20. The van der Waals surface area contributed by atoms with E-state index in [-0.39, 0.29) is 0 Å². The number of nitrogens with zero attached hydrogens (tertiary/aromatic N) is 1. The van der Waals surface area contributed by atoms with Crippen LogP contribution in [-0.4, -0.2) is 17.0 Å². The van der Waals surface area contributed by atoms with Crippen molar-refractivity contribution in [2.45, 2.75) is 82.2 Å². The van der Waals surface area contributed by atoms with Crippen LogP contribution in [0.5, 0.6) is 0 Å². The molecule has 0 saturated heterocycles. The highest BCUT2D eigenvalue weighted by molar-refractivity contribution is 7.12. The molecule has 6 aliphatic rings. The molecule has 0 amide bonds. The molecule has 0 fully saturated rings. The van der Waals surface area contributed by atoms with Crippen LogP contribution in [0.15, 0.2) is 59.4 Å². The summed E-state index contributed by atoms with van der Waals surface area (Å²) in [5.74, 6) is 1.25. The Morgan fingerprint density at radius 3 is 2.75 bits per heavy atom. The number of thiophene rings is 1. The molecule has 5 aliphatic carbocycles. The normalized spacial score (nSPS) is 32.5. The lowest BCUT2D eigenvalue weighted by Gasteiger charge is -2.41. The Hall–Kier alpha value is -2.06. The van der Waals surface area contributed by atoms with Crippen molar-refractivity contribution in [1.82, 2.24) is 4.90 Å². The third-order valence-electron chi connectivity index (χ3n) is 8.70. The van der Waals surface area contributed by atoms with Crippen LogP contribution in [0.25, 0.3) is 12.2 Å². The first-order valence-corrected chi connectivity index (χ1v) is 13.7. The Kier molecular flexibility index (Phi) is 4.71. The van der Waals surface area contributed by atoms with Gasteiger partial charge in [-0.15, -0.1) is 11.3 Å². The van der Waals surface area contributed by atoms with Gasteiger partial charge >= 0.3 is 0 Å². The van der Waals surface area contributed by atoms with E-state index in [0.29, 0.717) is 23.9 Å². The highest BCUT2D eigenvalue weighted by Gasteiger charge is 2.46. The van der Waals surface area contributed by atoms with Crippen LogP contribution in [0.2, 0.25) is 0 Å². The number of hydrogen-bond donors (Lipinski definition) is 0. The number of fused-ring (bicyclic) bond motifs is 6. The highest BCUT2D eigenvalue weighted by atomic mass is 32.1. The Morgan fingerprint density at radius 2 is 1.81 bits per heavy atom. The van der Waals surface area contributed by atoms with Crippen molar-refractivity contribution in [2.75, 3.05) is 0 Å². The molecule has 4 atom stereocenters. The summed E-state index contributed by atoms with van der Waals surface area (Å²) in [6.07, 6.45) is 34.7. The Morgan fingerprint density at radius 1 is 0.875 bits per heavy atom. The highest BCUT2D eigenvalue weighted by Crippen LogP contribution is 2.55. The second-order valence-electron chi connectivity index (χ2n) is 10.4. The van der Waals surface area contributed by atoms with E-state index in [1.807, 2.05) is 0 Å². The predicted octanol–water partition coefficient (Wildman–Crippen LogP) is 7.94. The molecule has 0 spiro atoms. The molecule has 2 heterocycles. The maximum Gasteiger partial charge on any atom is 0.0591 e. The van der Waals surface area contributed by atoms with Crippen molar-refractivity contribution in [1.29, 1.82) is 0 Å². The van der Waals surface area contributed by atoms with Gasteiger partial charge in [0.2, 0.25) is 0 Å². The van der Waals surface area contributed by atoms with Crippen molar-refractivity contribution in [3.63, 3.8) is 0 Å². The van der Waals surface area contributed by atoms with Gasteiger partial charge < -0.3 is 4.90 Å². The molecule has 7 rings (SSSR count). The van der Waals surface area contributed by atoms with Crippen molar-refractivity contribution in [3.8, 4) is 0 Å². The molecule has 0 radical (unpaired) electrons. The molecular weight excluding hydrogens is 406 g/mol. The maximum atomic E-state index is 2.93. The van der Waals surface area contributed by atoms with E-state index in [0.717, 1.165) is 0 Å². The van der Waals surface area contributed by atoms with E-state index < -0.39 is 0 Å². The molecule has 0 N–H and O–H groups in total. The summed E-state index contributed by atoms with van der Waals surface area (Å²) < 4.78 is 0. The van der Waals surface area contributed by atoms with Crippen LogP contribution in [-0.2, 0) is 6.42 Å². The molecule has 0 bridgehead atoms. The summed E-state index contributed by atoms with van der Waals surface area (Å²) in [7, 11) is 0. The SMILES string of the molecule is C1=CCCC(C2C=CCC(N3C4=C(CCCC4)C4c5sc6c(c5C=CC43)C=CCC6)C2)=C1. The van der Waals surface area contributed by atoms with Gasteiger partial charge in [-0.2, -0.15) is 0 Å². The van der Waals surface area contributed by atoms with Crippen molar-refractivity contribution in [2.24, 2.45) is 5.92 Å². The topological polar surface area (TPSA) is 3.24 Å². The molecule has 1 aliphatic heterocycles. The van der Waals surface area contributed by atoms with E-state index in [9.17, 15) is 0 Å². The van der Waals surface area contributed by atoms with Gasteiger partial charge in [0.25, 0.3) is 0 Å². The summed E-state index contributed by atoms with van der Waals surface area (Å²) in [5, 5.41) is 0. The molecule has 1 aromatic rings. The zero-order valence-electron chi connectivity index (χ0n) is 18.9. The fourth-order valence-corrected chi connectivity index (χ4v) is 8.75. The zero-order chi connectivity index (χ0) is 21.1. The number of rotatable bonds is 2. The molecule has 2 heteroatoms. The largest absolute Gasteiger partial charge is 0.364 e. The average Bonchev–Trinajstić information content (AvgIpc) is 3.40. The molecule has 32 heavy (non-hydrogen) atoms. The molecule has 1 aromatic heterocycles. The minimum absolute atomic E-state index is 0.548. The van der Waals surface area contributed by atoms with E-state index in [1.54, 1.807) is 37.7 Å². The molecule has 4 unspecified atom stereocenters. The van der Waals surface area contributed by atoms with Crippen LogP contribution in [0, 0.1) is 5.92 Å². The average molecular weight is 440 g/mol. The number of allylic oxidation sites excluding steroid dienone is 7. The Labute approximate surface area is 196 Å². The van der Waals surface area contributed by atoms with Crippen LogP contribution in [0.1, 0.15) is 84.6 Å². The van der Waals surface area contributed by atoms with Crippen LogP contribution in [0.4, 0.5) is 0 Å². The first kappa shape index (κ1) is 19.4. The second-order valence-corrected chi connectivity index (χ2v) is 11.6.